The molecular weight excluding hydrogens is 153 g/mol. The minimum Gasteiger partial charge on any atom is -0.209 e. The molecule has 1 rings (SSSR count). The summed E-state index contributed by atoms with van der Waals surface area (Å²) in [5, 5.41) is 0.295. The highest BCUT2D eigenvalue weighted by atomic mass is 35.5. The number of aromatic nitrogens is 1. The van der Waals surface area contributed by atoms with Crippen LogP contribution in [-0.2, 0) is 0 Å². The van der Waals surface area contributed by atoms with E-state index < -0.39 is 5.95 Å². The van der Waals surface area contributed by atoms with Crippen LogP contribution in [0.15, 0.2) is 12.1 Å². The summed E-state index contributed by atoms with van der Waals surface area (Å²) < 4.78 is 12.3. The molecule has 0 aliphatic heterocycles. The molecule has 0 saturated heterocycles. The molecule has 1 nitrogen and oxygen atoms in total. The molecule has 0 aliphatic carbocycles. The molecule has 50 valence electrons. The maximum Gasteiger partial charge on any atom is 0.214 e. The van der Waals surface area contributed by atoms with E-state index in [1.54, 1.807) is 0 Å². The number of hydrogen-bond acceptors (Lipinski definition) is 1. The summed E-state index contributed by atoms with van der Waals surface area (Å²) in [5.74, 6) is 1.54. The summed E-state index contributed by atoms with van der Waals surface area (Å²) in [6.45, 7) is 0. The molecule has 0 radical (unpaired) electrons. The fourth-order valence-electron chi connectivity index (χ4n) is 0.520. The van der Waals surface area contributed by atoms with Crippen LogP contribution in [0.4, 0.5) is 4.39 Å². The van der Waals surface area contributed by atoms with Gasteiger partial charge in [-0.05, 0) is 18.1 Å². The van der Waals surface area contributed by atoms with Crippen molar-refractivity contribution in [3.63, 3.8) is 0 Å². The van der Waals surface area contributed by atoms with Crippen molar-refractivity contribution in [2.75, 3.05) is 0 Å². The summed E-state index contributed by atoms with van der Waals surface area (Å²) in [6, 6.07) is 2.53. The normalized spacial score (nSPS) is 8.90. The summed E-state index contributed by atoms with van der Waals surface area (Å²) in [4.78, 5) is 3.36. The van der Waals surface area contributed by atoms with Gasteiger partial charge in [-0.2, -0.15) is 4.39 Å². The van der Waals surface area contributed by atoms with Gasteiger partial charge < -0.3 is 0 Å². The minimum absolute atomic E-state index is 0.140. The lowest BCUT2D eigenvalue weighted by atomic mass is 10.4. The molecule has 0 N–H and O–H groups in total. The summed E-state index contributed by atoms with van der Waals surface area (Å²) in [6.07, 6.45) is 4.96. The number of pyridine rings is 1. The van der Waals surface area contributed by atoms with Gasteiger partial charge in [0.2, 0.25) is 5.95 Å². The Hall–Kier alpha value is -1.07. The molecule has 0 amide bonds. The third-order valence-corrected chi connectivity index (χ3v) is 1.25. The molecular formula is C7H3ClFN. The highest BCUT2D eigenvalue weighted by Crippen LogP contribution is 2.11. The largest absolute Gasteiger partial charge is 0.214 e. The second kappa shape index (κ2) is 2.68. The highest BCUT2D eigenvalue weighted by molar-refractivity contribution is 6.31. The number of hydrogen-bond donors (Lipinski definition) is 0. The van der Waals surface area contributed by atoms with Crippen LogP contribution < -0.4 is 0 Å². The van der Waals surface area contributed by atoms with Gasteiger partial charge in [-0.15, -0.1) is 6.42 Å². The lowest BCUT2D eigenvalue weighted by Crippen LogP contribution is -1.87. The zero-order valence-electron chi connectivity index (χ0n) is 4.94. The van der Waals surface area contributed by atoms with Crippen molar-refractivity contribution in [3.8, 4) is 12.3 Å². The average molecular weight is 156 g/mol. The van der Waals surface area contributed by atoms with E-state index in [0.717, 1.165) is 6.07 Å². The molecule has 0 fully saturated rings. The maximum atomic E-state index is 12.3. The van der Waals surface area contributed by atoms with Crippen molar-refractivity contribution >= 4 is 11.6 Å². The number of halogens is 2. The number of terminal acetylenes is 1. The summed E-state index contributed by atoms with van der Waals surface area (Å²) >= 11 is 5.52. The summed E-state index contributed by atoms with van der Waals surface area (Å²) in [5.41, 5.74) is 0.140. The van der Waals surface area contributed by atoms with Crippen LogP contribution in [0, 0.1) is 18.3 Å². The van der Waals surface area contributed by atoms with E-state index in [1.165, 1.54) is 6.07 Å². The van der Waals surface area contributed by atoms with Gasteiger partial charge in [-0.1, -0.05) is 11.6 Å². The van der Waals surface area contributed by atoms with Gasteiger partial charge in [0.1, 0.15) is 5.69 Å². The lowest BCUT2D eigenvalue weighted by Gasteiger charge is -1.92. The average Bonchev–Trinajstić information content (AvgIpc) is 1.94. The van der Waals surface area contributed by atoms with Crippen molar-refractivity contribution in [2.45, 2.75) is 0 Å². The molecule has 3 heteroatoms. The van der Waals surface area contributed by atoms with E-state index in [-0.39, 0.29) is 5.69 Å². The molecule has 0 bridgehead atoms. The molecule has 1 aromatic rings. The highest BCUT2D eigenvalue weighted by Gasteiger charge is 1.98. The van der Waals surface area contributed by atoms with Crippen LogP contribution in [0.3, 0.4) is 0 Å². The third kappa shape index (κ3) is 1.26. The second-order valence-electron chi connectivity index (χ2n) is 1.61. The zero-order chi connectivity index (χ0) is 7.56. The molecule has 0 unspecified atom stereocenters. The topological polar surface area (TPSA) is 12.9 Å². The number of nitrogens with zero attached hydrogens (tertiary/aromatic N) is 1. The van der Waals surface area contributed by atoms with E-state index in [2.05, 4.69) is 10.9 Å². The molecule has 0 spiro atoms. The van der Waals surface area contributed by atoms with Crippen molar-refractivity contribution in [1.29, 1.82) is 0 Å². The van der Waals surface area contributed by atoms with Gasteiger partial charge in [-0.25, -0.2) is 4.98 Å². The predicted octanol–water partition coefficient (Wildman–Crippen LogP) is 1.86. The molecule has 10 heavy (non-hydrogen) atoms. The fourth-order valence-corrected chi connectivity index (χ4v) is 0.679. The zero-order valence-corrected chi connectivity index (χ0v) is 5.69. The Kier molecular flexibility index (Phi) is 1.88. The van der Waals surface area contributed by atoms with E-state index in [9.17, 15) is 4.39 Å². The number of rotatable bonds is 0. The summed E-state index contributed by atoms with van der Waals surface area (Å²) in [7, 11) is 0. The van der Waals surface area contributed by atoms with Crippen LogP contribution >= 0.6 is 11.6 Å². The van der Waals surface area contributed by atoms with Gasteiger partial charge in [0.15, 0.2) is 0 Å². The van der Waals surface area contributed by atoms with E-state index in [4.69, 9.17) is 18.0 Å². The molecule has 1 aromatic heterocycles. The minimum atomic E-state index is -0.614. The standard InChI is InChI=1S/C7H3ClFN/c1-2-6-5(8)3-4-7(9)10-6/h1,3-4H. The van der Waals surface area contributed by atoms with Gasteiger partial charge in [0.05, 0.1) is 5.02 Å². The van der Waals surface area contributed by atoms with Crippen molar-refractivity contribution in [2.24, 2.45) is 0 Å². The molecule has 0 aromatic carbocycles. The monoisotopic (exact) mass is 155 g/mol. The van der Waals surface area contributed by atoms with Crippen LogP contribution in [0.1, 0.15) is 5.69 Å². The van der Waals surface area contributed by atoms with Gasteiger partial charge >= 0.3 is 0 Å². The van der Waals surface area contributed by atoms with Crippen LogP contribution in [0.25, 0.3) is 0 Å². The molecule has 1 heterocycles. The maximum absolute atomic E-state index is 12.3. The van der Waals surface area contributed by atoms with E-state index >= 15 is 0 Å². The predicted molar refractivity (Wildman–Crippen MR) is 37.1 cm³/mol. The first-order chi connectivity index (χ1) is 4.74. The van der Waals surface area contributed by atoms with Gasteiger partial charge in [0, 0.05) is 0 Å². The Labute approximate surface area is 62.8 Å². The quantitative estimate of drug-likeness (QED) is 0.412. The smallest absolute Gasteiger partial charge is 0.209 e. The first-order valence-corrected chi connectivity index (χ1v) is 2.90. The SMILES string of the molecule is C#Cc1nc(F)ccc1Cl. The van der Waals surface area contributed by atoms with Crippen molar-refractivity contribution < 1.29 is 4.39 Å². The van der Waals surface area contributed by atoms with E-state index in [0.29, 0.717) is 5.02 Å². The van der Waals surface area contributed by atoms with Crippen LogP contribution in [-0.4, -0.2) is 4.98 Å². The first kappa shape index (κ1) is 7.04. The van der Waals surface area contributed by atoms with Crippen molar-refractivity contribution in [3.05, 3.63) is 28.8 Å². The lowest BCUT2D eigenvalue weighted by molar-refractivity contribution is 0.582. The Balaban J connectivity index is 3.25. The van der Waals surface area contributed by atoms with Crippen LogP contribution in [0.2, 0.25) is 5.02 Å². The molecule has 0 atom stereocenters. The van der Waals surface area contributed by atoms with E-state index in [1.807, 2.05) is 0 Å². The van der Waals surface area contributed by atoms with Gasteiger partial charge in [-0.3, -0.25) is 0 Å². The van der Waals surface area contributed by atoms with Crippen LogP contribution in [0.5, 0.6) is 0 Å². The Bertz CT molecular complexity index is 290. The Morgan fingerprint density at radius 3 is 2.80 bits per heavy atom. The molecule has 0 saturated carbocycles. The molecule has 0 aliphatic rings. The third-order valence-electron chi connectivity index (χ3n) is 0.949. The first-order valence-electron chi connectivity index (χ1n) is 2.52. The Morgan fingerprint density at radius 2 is 2.30 bits per heavy atom. The Morgan fingerprint density at radius 1 is 1.60 bits per heavy atom. The van der Waals surface area contributed by atoms with Crippen molar-refractivity contribution in [1.82, 2.24) is 4.98 Å². The van der Waals surface area contributed by atoms with Gasteiger partial charge in [0.25, 0.3) is 0 Å². The second-order valence-corrected chi connectivity index (χ2v) is 2.02. The fraction of sp³-hybridized carbons (Fsp3) is 0.